The van der Waals surface area contributed by atoms with E-state index in [9.17, 15) is 17.6 Å². The van der Waals surface area contributed by atoms with Crippen LogP contribution in [0.3, 0.4) is 0 Å². The topological polar surface area (TPSA) is 66.5 Å². The van der Waals surface area contributed by atoms with E-state index in [2.05, 4.69) is 5.32 Å². The summed E-state index contributed by atoms with van der Waals surface area (Å²) in [6, 6.07) is 4.40. The molecule has 1 unspecified atom stereocenters. The van der Waals surface area contributed by atoms with Crippen molar-refractivity contribution in [2.45, 2.75) is 25.9 Å². The van der Waals surface area contributed by atoms with Crippen molar-refractivity contribution in [3.8, 4) is 0 Å². The Bertz CT molecular complexity index is 661. The SMILES string of the molecule is Cc1cc(CNC(=O)CC2CS(=O)(=O)CCN2C)ccc1F. The lowest BCUT2D eigenvalue weighted by Gasteiger charge is -2.31. The minimum atomic E-state index is -3.05. The van der Waals surface area contributed by atoms with Crippen molar-refractivity contribution in [1.82, 2.24) is 10.2 Å². The highest BCUT2D eigenvalue weighted by molar-refractivity contribution is 7.91. The quantitative estimate of drug-likeness (QED) is 0.891. The van der Waals surface area contributed by atoms with Crippen LogP contribution in [0.5, 0.6) is 0 Å². The first-order valence-corrected chi connectivity index (χ1v) is 9.01. The molecule has 0 saturated carbocycles. The number of aryl methyl sites for hydroxylation is 1. The summed E-state index contributed by atoms with van der Waals surface area (Å²) >= 11 is 0. The summed E-state index contributed by atoms with van der Waals surface area (Å²) in [5.41, 5.74) is 1.35. The van der Waals surface area contributed by atoms with Gasteiger partial charge in [-0.3, -0.25) is 4.79 Å². The molecule has 0 radical (unpaired) electrons. The number of amides is 1. The van der Waals surface area contributed by atoms with Gasteiger partial charge in [-0.25, -0.2) is 12.8 Å². The lowest BCUT2D eigenvalue weighted by atomic mass is 10.1. The van der Waals surface area contributed by atoms with Gasteiger partial charge in [0.2, 0.25) is 5.91 Å². The molecule has 0 aliphatic carbocycles. The lowest BCUT2D eigenvalue weighted by molar-refractivity contribution is -0.122. The maximum atomic E-state index is 13.2. The molecule has 5 nitrogen and oxygen atoms in total. The van der Waals surface area contributed by atoms with Crippen LogP contribution in [0.15, 0.2) is 18.2 Å². The molecular formula is C15H21FN2O3S. The molecule has 1 amide bonds. The van der Waals surface area contributed by atoms with E-state index in [1.165, 1.54) is 6.07 Å². The highest BCUT2D eigenvalue weighted by Gasteiger charge is 2.30. The fourth-order valence-corrected chi connectivity index (χ4v) is 4.18. The molecule has 1 aliphatic heterocycles. The summed E-state index contributed by atoms with van der Waals surface area (Å²) in [5, 5.41) is 2.76. The zero-order chi connectivity index (χ0) is 16.3. The molecule has 1 saturated heterocycles. The molecule has 0 spiro atoms. The molecule has 1 aromatic carbocycles. The summed E-state index contributed by atoms with van der Waals surface area (Å²) < 4.78 is 36.5. The number of benzene rings is 1. The van der Waals surface area contributed by atoms with Crippen LogP contribution in [0.1, 0.15) is 17.5 Å². The average molecular weight is 328 g/mol. The first-order chi connectivity index (χ1) is 10.3. The second-order valence-electron chi connectivity index (χ2n) is 5.81. The maximum absolute atomic E-state index is 13.2. The number of nitrogens with zero attached hydrogens (tertiary/aromatic N) is 1. The van der Waals surface area contributed by atoms with Gasteiger partial charge in [0.05, 0.1) is 11.5 Å². The van der Waals surface area contributed by atoms with Crippen LogP contribution in [0.4, 0.5) is 4.39 Å². The number of carbonyl (C=O) groups excluding carboxylic acids is 1. The van der Waals surface area contributed by atoms with Gasteiger partial charge in [0.15, 0.2) is 9.84 Å². The monoisotopic (exact) mass is 328 g/mol. The Morgan fingerprint density at radius 2 is 2.18 bits per heavy atom. The average Bonchev–Trinajstić information content (AvgIpc) is 2.44. The van der Waals surface area contributed by atoms with Gasteiger partial charge in [0.25, 0.3) is 0 Å². The standard InChI is InChI=1S/C15H21FN2O3S/c1-11-7-12(3-4-14(11)16)9-17-15(19)8-13-10-22(20,21)6-5-18(13)2/h3-4,7,13H,5-6,8-10H2,1-2H3,(H,17,19). The number of hydrogen-bond acceptors (Lipinski definition) is 4. The molecule has 7 heteroatoms. The molecule has 122 valence electrons. The summed E-state index contributed by atoms with van der Waals surface area (Å²) in [5.74, 6) is -0.302. The van der Waals surface area contributed by atoms with E-state index in [0.717, 1.165) is 5.56 Å². The molecule has 0 bridgehead atoms. The van der Waals surface area contributed by atoms with Gasteiger partial charge in [0, 0.05) is 25.6 Å². The van der Waals surface area contributed by atoms with Crippen molar-refractivity contribution in [2.75, 3.05) is 25.1 Å². The molecule has 1 N–H and O–H groups in total. The number of carbonyl (C=O) groups is 1. The highest BCUT2D eigenvalue weighted by atomic mass is 32.2. The van der Waals surface area contributed by atoms with E-state index in [-0.39, 0.29) is 35.7 Å². The summed E-state index contributed by atoms with van der Waals surface area (Å²) in [6.45, 7) is 2.43. The number of nitrogens with one attached hydrogen (secondary N) is 1. The Morgan fingerprint density at radius 1 is 1.45 bits per heavy atom. The Hall–Kier alpha value is -1.47. The Balaban J connectivity index is 1.88. The fraction of sp³-hybridized carbons (Fsp3) is 0.533. The first-order valence-electron chi connectivity index (χ1n) is 7.19. The van der Waals surface area contributed by atoms with Gasteiger partial charge in [-0.15, -0.1) is 0 Å². The molecule has 1 fully saturated rings. The smallest absolute Gasteiger partial charge is 0.221 e. The molecule has 0 aromatic heterocycles. The third-order valence-electron chi connectivity index (χ3n) is 3.96. The van der Waals surface area contributed by atoms with E-state index in [1.54, 1.807) is 19.1 Å². The van der Waals surface area contributed by atoms with Crippen LogP contribution in [0, 0.1) is 12.7 Å². The van der Waals surface area contributed by atoms with Crippen molar-refractivity contribution < 1.29 is 17.6 Å². The Morgan fingerprint density at radius 3 is 2.86 bits per heavy atom. The number of halogens is 1. The zero-order valence-corrected chi connectivity index (χ0v) is 13.6. The van der Waals surface area contributed by atoms with Crippen molar-refractivity contribution in [3.05, 3.63) is 35.1 Å². The lowest BCUT2D eigenvalue weighted by Crippen LogP contribution is -2.48. The minimum Gasteiger partial charge on any atom is -0.352 e. The number of sulfone groups is 1. The summed E-state index contributed by atoms with van der Waals surface area (Å²) in [6.07, 6.45) is 0.149. The van der Waals surface area contributed by atoms with E-state index < -0.39 is 9.84 Å². The second kappa shape index (κ2) is 6.75. The minimum absolute atomic E-state index is 0.0204. The largest absolute Gasteiger partial charge is 0.352 e. The normalized spacial score (nSPS) is 21.5. The predicted molar refractivity (Wildman–Crippen MR) is 82.7 cm³/mol. The van der Waals surface area contributed by atoms with Crippen LogP contribution >= 0.6 is 0 Å². The van der Waals surface area contributed by atoms with E-state index >= 15 is 0 Å². The number of hydrogen-bond donors (Lipinski definition) is 1. The van der Waals surface area contributed by atoms with E-state index in [1.807, 2.05) is 11.9 Å². The van der Waals surface area contributed by atoms with Gasteiger partial charge in [-0.2, -0.15) is 0 Å². The Labute approximate surface area is 130 Å². The fourth-order valence-electron chi connectivity index (χ4n) is 2.49. The highest BCUT2D eigenvalue weighted by Crippen LogP contribution is 2.13. The molecule has 1 heterocycles. The zero-order valence-electron chi connectivity index (χ0n) is 12.8. The summed E-state index contributed by atoms with van der Waals surface area (Å²) in [4.78, 5) is 13.9. The first kappa shape index (κ1) is 16.9. The van der Waals surface area contributed by atoms with Gasteiger partial charge < -0.3 is 10.2 Å². The predicted octanol–water partition coefficient (Wildman–Crippen LogP) is 0.869. The van der Waals surface area contributed by atoms with Crippen molar-refractivity contribution >= 4 is 15.7 Å². The molecular weight excluding hydrogens is 307 g/mol. The molecule has 2 rings (SSSR count). The van der Waals surface area contributed by atoms with Crippen molar-refractivity contribution in [2.24, 2.45) is 0 Å². The molecule has 1 aliphatic rings. The number of rotatable bonds is 4. The Kier molecular flexibility index (Phi) is 5.18. The van der Waals surface area contributed by atoms with Crippen LogP contribution in [0.25, 0.3) is 0 Å². The third kappa shape index (κ3) is 4.51. The van der Waals surface area contributed by atoms with Gasteiger partial charge in [-0.1, -0.05) is 12.1 Å². The van der Waals surface area contributed by atoms with Gasteiger partial charge >= 0.3 is 0 Å². The maximum Gasteiger partial charge on any atom is 0.221 e. The molecule has 1 atom stereocenters. The van der Waals surface area contributed by atoms with Gasteiger partial charge in [0.1, 0.15) is 5.82 Å². The van der Waals surface area contributed by atoms with Crippen LogP contribution < -0.4 is 5.32 Å². The second-order valence-corrected chi connectivity index (χ2v) is 8.04. The van der Waals surface area contributed by atoms with Crippen molar-refractivity contribution in [3.63, 3.8) is 0 Å². The summed E-state index contributed by atoms with van der Waals surface area (Å²) in [7, 11) is -1.22. The van der Waals surface area contributed by atoms with Crippen LogP contribution in [0.2, 0.25) is 0 Å². The van der Waals surface area contributed by atoms with Gasteiger partial charge in [-0.05, 0) is 31.2 Å². The van der Waals surface area contributed by atoms with E-state index in [4.69, 9.17) is 0 Å². The van der Waals surface area contributed by atoms with Crippen LogP contribution in [-0.2, 0) is 21.2 Å². The van der Waals surface area contributed by atoms with Crippen LogP contribution in [-0.4, -0.2) is 50.4 Å². The van der Waals surface area contributed by atoms with E-state index in [0.29, 0.717) is 18.7 Å². The molecule has 1 aromatic rings. The third-order valence-corrected chi connectivity index (χ3v) is 5.65. The van der Waals surface area contributed by atoms with Crippen molar-refractivity contribution in [1.29, 1.82) is 0 Å². The molecule has 22 heavy (non-hydrogen) atoms.